The third-order valence-corrected chi connectivity index (χ3v) is 9.13. The van der Waals surface area contributed by atoms with Crippen LogP contribution in [0, 0.1) is 0 Å². The van der Waals surface area contributed by atoms with Gasteiger partial charge in [-0.3, -0.25) is 9.09 Å². The number of anilines is 1. The Balaban J connectivity index is 1.60. The zero-order valence-electron chi connectivity index (χ0n) is 20.4. The van der Waals surface area contributed by atoms with Gasteiger partial charge in [0.05, 0.1) is 12.9 Å². The van der Waals surface area contributed by atoms with E-state index in [1.165, 1.54) is 17.2 Å². The van der Waals surface area contributed by atoms with Crippen LogP contribution in [0.15, 0.2) is 17.8 Å². The number of aromatic nitrogens is 4. The molecule has 2 unspecified atom stereocenters. The van der Waals surface area contributed by atoms with Crippen LogP contribution in [0.4, 0.5) is 5.82 Å². The number of fused-ring (bicyclic) bond motifs is 1. The molecule has 1 fully saturated rings. The second kappa shape index (κ2) is 13.7. The fraction of sp³-hybridized carbons (Fsp3) is 0.688. The standard InChI is InChI=1S/C16H27N8O13P3/c17-23-22-6-4-2-1-3-5-18-14-11-15(20-8-19-14)24(9-21-11)16-13(26)12(25)10(35-16)7-34-39(30,31)37-40(32,33)36-38(27,28)29/h8-10,12-13,16,25-26H,1-7H2,(H,30,31)(H,32,33)(H,18,19,20)(H2,27,28,29)/t10-,12-,13-,16-/m1/s1. The minimum Gasteiger partial charge on any atom is -0.387 e. The number of ether oxygens (including phenoxy) is 1. The average Bonchev–Trinajstić information content (AvgIpc) is 3.38. The second-order valence-electron chi connectivity index (χ2n) is 8.27. The number of nitrogens with zero attached hydrogens (tertiary/aromatic N) is 7. The van der Waals surface area contributed by atoms with E-state index in [4.69, 9.17) is 20.1 Å². The van der Waals surface area contributed by atoms with E-state index in [0.717, 1.165) is 25.7 Å². The quantitative estimate of drug-likeness (QED) is 0.0447. The molecular formula is C16H27N8O13P3. The molecule has 0 amide bonds. The molecule has 3 rings (SSSR count). The molecule has 0 bridgehead atoms. The Bertz CT molecular complexity index is 1350. The maximum absolute atomic E-state index is 12.0. The van der Waals surface area contributed by atoms with Crippen LogP contribution in [0.25, 0.3) is 21.6 Å². The number of imidazole rings is 1. The number of rotatable bonds is 16. The summed E-state index contributed by atoms with van der Waals surface area (Å²) in [6, 6.07) is 0. The van der Waals surface area contributed by atoms with Crippen LogP contribution < -0.4 is 5.32 Å². The SMILES string of the molecule is [N-]=[N+]=NCCCCCCNc1ncnc2c1ncn2[C@@H]1O[C@H](COP(=O)(O)OP(=O)(O)OP(=O)(O)O)[C@@H](O)[C@H]1O. The van der Waals surface area contributed by atoms with Crippen molar-refractivity contribution in [3.8, 4) is 0 Å². The summed E-state index contributed by atoms with van der Waals surface area (Å²) in [5.41, 5.74) is 8.82. The van der Waals surface area contributed by atoms with E-state index in [1.807, 2.05) is 0 Å². The fourth-order valence-electron chi connectivity index (χ4n) is 3.65. The van der Waals surface area contributed by atoms with Crippen LogP contribution in [0.1, 0.15) is 31.9 Å². The molecule has 2 aromatic heterocycles. The lowest BCUT2D eigenvalue weighted by Crippen LogP contribution is -2.33. The van der Waals surface area contributed by atoms with Crippen molar-refractivity contribution in [2.75, 3.05) is 25.0 Å². The normalized spacial score (nSPS) is 24.4. The molecule has 0 aliphatic carbocycles. The molecule has 40 heavy (non-hydrogen) atoms. The van der Waals surface area contributed by atoms with E-state index in [-0.39, 0.29) is 5.65 Å². The van der Waals surface area contributed by atoms with Crippen molar-refractivity contribution >= 4 is 40.4 Å². The van der Waals surface area contributed by atoms with Crippen LogP contribution >= 0.6 is 23.5 Å². The highest BCUT2D eigenvalue weighted by Gasteiger charge is 2.47. The smallest absolute Gasteiger partial charge is 0.387 e. The Labute approximate surface area is 225 Å². The predicted octanol–water partition coefficient (Wildman–Crippen LogP) is 1.07. The van der Waals surface area contributed by atoms with Crippen LogP contribution in [-0.4, -0.2) is 87.3 Å². The van der Waals surface area contributed by atoms with E-state index in [2.05, 4.69) is 43.4 Å². The van der Waals surface area contributed by atoms with Crippen LogP contribution in [-0.2, 0) is 31.6 Å². The van der Waals surface area contributed by atoms with Crippen molar-refractivity contribution in [2.45, 2.75) is 50.2 Å². The minimum atomic E-state index is -5.73. The van der Waals surface area contributed by atoms with Gasteiger partial charge >= 0.3 is 23.5 Å². The van der Waals surface area contributed by atoms with Crippen molar-refractivity contribution in [1.82, 2.24) is 19.5 Å². The molecular weight excluding hydrogens is 605 g/mol. The summed E-state index contributed by atoms with van der Waals surface area (Å²) in [5, 5.41) is 27.5. The van der Waals surface area contributed by atoms with Crippen LogP contribution in [0.2, 0.25) is 0 Å². The van der Waals surface area contributed by atoms with Crippen molar-refractivity contribution in [3.63, 3.8) is 0 Å². The summed E-state index contributed by atoms with van der Waals surface area (Å²) in [6.45, 7) is 0.0387. The molecule has 7 N–H and O–H groups in total. The Hall–Kier alpha value is -2.05. The molecule has 6 atom stereocenters. The summed E-state index contributed by atoms with van der Waals surface area (Å²) in [4.78, 5) is 51.2. The van der Waals surface area contributed by atoms with E-state index in [9.17, 15) is 33.7 Å². The Morgan fingerprint density at radius 2 is 1.75 bits per heavy atom. The zero-order valence-corrected chi connectivity index (χ0v) is 23.1. The lowest BCUT2D eigenvalue weighted by Gasteiger charge is -2.19. The molecule has 1 aliphatic heterocycles. The Morgan fingerprint density at radius 3 is 2.45 bits per heavy atom. The largest absolute Gasteiger partial charge is 0.490 e. The lowest BCUT2D eigenvalue weighted by molar-refractivity contribution is -0.0503. The highest BCUT2D eigenvalue weighted by Crippen LogP contribution is 2.66. The summed E-state index contributed by atoms with van der Waals surface area (Å²) in [6.07, 6.45) is -0.195. The molecule has 2 aromatic rings. The first-order chi connectivity index (χ1) is 18.7. The number of unbranched alkanes of at least 4 members (excludes halogenated alkanes) is 3. The van der Waals surface area contributed by atoms with Gasteiger partial charge in [-0.25, -0.2) is 28.6 Å². The van der Waals surface area contributed by atoms with Gasteiger partial charge in [0.15, 0.2) is 23.2 Å². The van der Waals surface area contributed by atoms with Gasteiger partial charge in [-0.1, -0.05) is 18.0 Å². The highest BCUT2D eigenvalue weighted by molar-refractivity contribution is 7.66. The zero-order chi connectivity index (χ0) is 29.6. The van der Waals surface area contributed by atoms with E-state index in [1.54, 1.807) is 0 Å². The van der Waals surface area contributed by atoms with E-state index >= 15 is 0 Å². The maximum atomic E-state index is 12.0. The molecule has 21 nitrogen and oxygen atoms in total. The number of nitrogens with one attached hydrogen (secondary N) is 1. The van der Waals surface area contributed by atoms with E-state index < -0.39 is 54.6 Å². The summed E-state index contributed by atoms with van der Waals surface area (Å²) in [7, 11) is -16.8. The summed E-state index contributed by atoms with van der Waals surface area (Å²) in [5.74, 6) is 0.398. The number of phosphoric ester groups is 1. The average molecular weight is 632 g/mol. The highest BCUT2D eigenvalue weighted by atomic mass is 31.3. The van der Waals surface area contributed by atoms with Crippen molar-refractivity contribution in [3.05, 3.63) is 23.1 Å². The number of azide groups is 1. The first kappa shape index (κ1) is 32.5. The second-order valence-corrected chi connectivity index (χ2v) is 12.7. The summed E-state index contributed by atoms with van der Waals surface area (Å²) >= 11 is 0. The number of hydrogen-bond donors (Lipinski definition) is 7. The molecule has 1 aliphatic rings. The Kier molecular flexibility index (Phi) is 11.2. The van der Waals surface area contributed by atoms with Crippen molar-refractivity contribution in [1.29, 1.82) is 0 Å². The maximum Gasteiger partial charge on any atom is 0.490 e. The van der Waals surface area contributed by atoms with Gasteiger partial charge in [-0.05, 0) is 18.4 Å². The van der Waals surface area contributed by atoms with Crippen molar-refractivity contribution in [2.24, 2.45) is 5.11 Å². The topological polar surface area (TPSA) is 314 Å². The third-order valence-electron chi connectivity index (χ3n) is 5.33. The first-order valence-electron chi connectivity index (χ1n) is 11.5. The fourth-order valence-corrected chi connectivity index (χ4v) is 6.68. The van der Waals surface area contributed by atoms with Gasteiger partial charge in [-0.15, -0.1) is 0 Å². The molecule has 3 heterocycles. The number of aliphatic hydroxyl groups excluding tert-OH is 2. The molecule has 0 aromatic carbocycles. The molecule has 0 saturated carbocycles. The number of aliphatic hydroxyl groups is 2. The van der Waals surface area contributed by atoms with Gasteiger partial charge in [0, 0.05) is 18.0 Å². The number of hydrogen-bond acceptors (Lipinski definition) is 14. The Morgan fingerprint density at radius 1 is 1.02 bits per heavy atom. The van der Waals surface area contributed by atoms with Gasteiger partial charge in [0.1, 0.15) is 24.6 Å². The number of phosphoric acid groups is 3. The lowest BCUT2D eigenvalue weighted by atomic mass is 10.1. The molecule has 24 heteroatoms. The molecule has 0 radical (unpaired) electrons. The van der Waals surface area contributed by atoms with Gasteiger partial charge in [0.2, 0.25) is 0 Å². The van der Waals surface area contributed by atoms with Gasteiger partial charge in [-0.2, -0.15) is 8.62 Å². The molecule has 1 saturated heterocycles. The van der Waals surface area contributed by atoms with Crippen LogP contribution in [0.5, 0.6) is 0 Å². The molecule has 0 spiro atoms. The van der Waals surface area contributed by atoms with Crippen molar-refractivity contribution < 1.29 is 61.4 Å². The molecule has 224 valence electrons. The minimum absolute atomic E-state index is 0.219. The monoisotopic (exact) mass is 632 g/mol. The predicted molar refractivity (Wildman–Crippen MR) is 132 cm³/mol. The summed E-state index contributed by atoms with van der Waals surface area (Å²) < 4.78 is 52.7. The van der Waals surface area contributed by atoms with Gasteiger partial charge < -0.3 is 39.8 Å². The van der Waals surface area contributed by atoms with E-state index in [0.29, 0.717) is 24.4 Å². The van der Waals surface area contributed by atoms with Gasteiger partial charge in [0.25, 0.3) is 0 Å². The first-order valence-corrected chi connectivity index (χ1v) is 16.0. The van der Waals surface area contributed by atoms with Crippen LogP contribution in [0.3, 0.4) is 0 Å². The third kappa shape index (κ3) is 9.24.